The molecule has 2 aliphatic heterocycles. The van der Waals surface area contributed by atoms with Crippen LogP contribution in [0, 0.1) is 5.92 Å². The standard InChI is InChI=1S/C20H27N5O3/c26-20(23-17-3-1-4-18(13-17)25-7-2-6-22-25)21-14-19(16-5-10-28-15-16)24-8-11-27-12-9-24/h1-4,6-7,13,16,19H,5,8-12,14-15H2,(H2,21,23,26). The molecule has 1 aromatic carbocycles. The van der Waals surface area contributed by atoms with Crippen molar-refractivity contribution in [1.29, 1.82) is 0 Å². The van der Waals surface area contributed by atoms with Gasteiger partial charge in [-0.05, 0) is 30.7 Å². The van der Waals surface area contributed by atoms with Crippen LogP contribution in [0.15, 0.2) is 42.7 Å². The lowest BCUT2D eigenvalue weighted by molar-refractivity contribution is 0.00222. The van der Waals surface area contributed by atoms with Crippen LogP contribution in [-0.4, -0.2) is 72.8 Å². The molecule has 3 heterocycles. The van der Waals surface area contributed by atoms with Crippen molar-refractivity contribution >= 4 is 11.7 Å². The highest BCUT2D eigenvalue weighted by molar-refractivity contribution is 5.89. The molecule has 2 aliphatic rings. The van der Waals surface area contributed by atoms with E-state index in [1.807, 2.05) is 36.5 Å². The Hall–Kier alpha value is -2.42. The molecule has 0 saturated carbocycles. The quantitative estimate of drug-likeness (QED) is 0.792. The van der Waals surface area contributed by atoms with Crippen LogP contribution in [0.1, 0.15) is 6.42 Å². The highest BCUT2D eigenvalue weighted by Crippen LogP contribution is 2.22. The summed E-state index contributed by atoms with van der Waals surface area (Å²) in [6.45, 7) is 5.45. The number of ether oxygens (including phenoxy) is 2. The maximum absolute atomic E-state index is 12.5. The summed E-state index contributed by atoms with van der Waals surface area (Å²) in [6.07, 6.45) is 4.64. The number of nitrogens with zero attached hydrogens (tertiary/aromatic N) is 3. The van der Waals surface area contributed by atoms with E-state index in [9.17, 15) is 4.79 Å². The van der Waals surface area contributed by atoms with Crippen LogP contribution in [0.4, 0.5) is 10.5 Å². The fourth-order valence-corrected chi connectivity index (χ4v) is 3.88. The first-order valence-electron chi connectivity index (χ1n) is 9.84. The second-order valence-corrected chi connectivity index (χ2v) is 7.18. The van der Waals surface area contributed by atoms with Crippen LogP contribution in [0.2, 0.25) is 0 Å². The van der Waals surface area contributed by atoms with Gasteiger partial charge >= 0.3 is 6.03 Å². The molecule has 2 fully saturated rings. The summed E-state index contributed by atoms with van der Waals surface area (Å²) < 4.78 is 12.8. The van der Waals surface area contributed by atoms with Crippen molar-refractivity contribution in [1.82, 2.24) is 20.0 Å². The number of nitrogens with one attached hydrogen (secondary N) is 2. The fourth-order valence-electron chi connectivity index (χ4n) is 3.88. The molecule has 2 aromatic rings. The number of amides is 2. The molecule has 150 valence electrons. The van der Waals surface area contributed by atoms with E-state index in [0.717, 1.165) is 57.3 Å². The Morgan fingerprint density at radius 3 is 2.86 bits per heavy atom. The van der Waals surface area contributed by atoms with Gasteiger partial charge in [0.1, 0.15) is 0 Å². The lowest BCUT2D eigenvalue weighted by Gasteiger charge is -2.37. The van der Waals surface area contributed by atoms with Crippen LogP contribution in [-0.2, 0) is 9.47 Å². The van der Waals surface area contributed by atoms with Crippen LogP contribution < -0.4 is 10.6 Å². The second-order valence-electron chi connectivity index (χ2n) is 7.18. The van der Waals surface area contributed by atoms with Crippen molar-refractivity contribution in [3.05, 3.63) is 42.7 Å². The second kappa shape index (κ2) is 9.18. The number of morpholine rings is 1. The normalized spacial score (nSPS) is 21.4. The van der Waals surface area contributed by atoms with Crippen molar-refractivity contribution in [3.63, 3.8) is 0 Å². The molecule has 2 N–H and O–H groups in total. The summed E-state index contributed by atoms with van der Waals surface area (Å²) in [6, 6.07) is 9.56. The van der Waals surface area contributed by atoms with E-state index in [2.05, 4.69) is 20.6 Å². The molecule has 2 saturated heterocycles. The van der Waals surface area contributed by atoms with Gasteiger partial charge in [0.15, 0.2) is 0 Å². The summed E-state index contributed by atoms with van der Waals surface area (Å²) in [5.74, 6) is 0.446. The molecule has 0 aliphatic carbocycles. The van der Waals surface area contributed by atoms with Crippen molar-refractivity contribution in [2.45, 2.75) is 12.5 Å². The van der Waals surface area contributed by atoms with Crippen molar-refractivity contribution in [2.24, 2.45) is 5.92 Å². The highest BCUT2D eigenvalue weighted by Gasteiger charge is 2.31. The van der Waals surface area contributed by atoms with Gasteiger partial charge < -0.3 is 20.1 Å². The molecule has 4 rings (SSSR count). The Morgan fingerprint density at radius 1 is 1.21 bits per heavy atom. The molecule has 2 amide bonds. The molecular formula is C20H27N5O3. The number of urea groups is 1. The van der Waals surface area contributed by atoms with Crippen LogP contribution in [0.5, 0.6) is 0 Å². The summed E-state index contributed by atoms with van der Waals surface area (Å²) in [5.41, 5.74) is 1.63. The van der Waals surface area contributed by atoms with Gasteiger partial charge in [-0.3, -0.25) is 4.90 Å². The lowest BCUT2D eigenvalue weighted by atomic mass is 9.97. The smallest absolute Gasteiger partial charge is 0.319 e. The van der Waals surface area contributed by atoms with Gasteiger partial charge in [-0.1, -0.05) is 6.07 Å². The molecular weight excluding hydrogens is 358 g/mol. The maximum atomic E-state index is 12.5. The van der Waals surface area contributed by atoms with E-state index >= 15 is 0 Å². The summed E-state index contributed by atoms with van der Waals surface area (Å²) in [7, 11) is 0. The molecule has 8 nitrogen and oxygen atoms in total. The summed E-state index contributed by atoms with van der Waals surface area (Å²) >= 11 is 0. The van der Waals surface area contributed by atoms with E-state index in [1.165, 1.54) is 0 Å². The topological polar surface area (TPSA) is 80.6 Å². The molecule has 1 aromatic heterocycles. The summed E-state index contributed by atoms with van der Waals surface area (Å²) in [4.78, 5) is 14.9. The third-order valence-corrected chi connectivity index (χ3v) is 5.37. The number of carbonyl (C=O) groups excluding carboxylic acids is 1. The summed E-state index contributed by atoms with van der Waals surface area (Å²) in [5, 5.41) is 10.2. The zero-order valence-electron chi connectivity index (χ0n) is 15.9. The third-order valence-electron chi connectivity index (χ3n) is 5.37. The van der Waals surface area contributed by atoms with Crippen LogP contribution in [0.3, 0.4) is 0 Å². The van der Waals surface area contributed by atoms with Gasteiger partial charge in [-0.15, -0.1) is 0 Å². The number of rotatable bonds is 6. The third kappa shape index (κ3) is 4.70. The van der Waals surface area contributed by atoms with Crippen LogP contribution in [0.25, 0.3) is 5.69 Å². The number of hydrogen-bond donors (Lipinski definition) is 2. The Labute approximate surface area is 164 Å². The van der Waals surface area contributed by atoms with Crippen molar-refractivity contribution in [3.8, 4) is 5.69 Å². The number of aromatic nitrogens is 2. The number of hydrogen-bond acceptors (Lipinski definition) is 5. The minimum Gasteiger partial charge on any atom is -0.381 e. The number of anilines is 1. The van der Waals surface area contributed by atoms with E-state index in [4.69, 9.17) is 9.47 Å². The first-order chi connectivity index (χ1) is 13.8. The van der Waals surface area contributed by atoms with Gasteiger partial charge in [-0.2, -0.15) is 5.10 Å². The molecule has 8 heteroatoms. The zero-order chi connectivity index (χ0) is 19.2. The van der Waals surface area contributed by atoms with Crippen LogP contribution >= 0.6 is 0 Å². The minimum atomic E-state index is -0.199. The molecule has 0 radical (unpaired) electrons. The van der Waals surface area contributed by atoms with Gasteiger partial charge in [0.2, 0.25) is 0 Å². The van der Waals surface area contributed by atoms with E-state index < -0.39 is 0 Å². The first kappa shape index (κ1) is 18.9. The predicted octanol–water partition coefficient (Wildman–Crippen LogP) is 1.73. The van der Waals surface area contributed by atoms with Gasteiger partial charge in [-0.25, -0.2) is 9.48 Å². The van der Waals surface area contributed by atoms with Gasteiger partial charge in [0.25, 0.3) is 0 Å². The Kier molecular flexibility index (Phi) is 6.20. The molecule has 0 spiro atoms. The Balaban J connectivity index is 1.35. The zero-order valence-corrected chi connectivity index (χ0v) is 15.9. The fraction of sp³-hybridized carbons (Fsp3) is 0.500. The molecule has 2 atom stereocenters. The van der Waals surface area contributed by atoms with E-state index in [0.29, 0.717) is 12.5 Å². The number of carbonyl (C=O) groups is 1. The Morgan fingerprint density at radius 2 is 2.11 bits per heavy atom. The van der Waals surface area contributed by atoms with Crippen molar-refractivity contribution < 1.29 is 14.3 Å². The molecule has 0 bridgehead atoms. The van der Waals surface area contributed by atoms with Gasteiger partial charge in [0, 0.05) is 56.3 Å². The van der Waals surface area contributed by atoms with E-state index in [-0.39, 0.29) is 12.1 Å². The monoisotopic (exact) mass is 385 g/mol. The SMILES string of the molecule is O=C(NCC(C1CCOC1)N1CCOCC1)Nc1cccc(-n2cccn2)c1. The highest BCUT2D eigenvalue weighted by atomic mass is 16.5. The largest absolute Gasteiger partial charge is 0.381 e. The lowest BCUT2D eigenvalue weighted by Crippen LogP contribution is -2.52. The van der Waals surface area contributed by atoms with E-state index in [1.54, 1.807) is 10.9 Å². The van der Waals surface area contributed by atoms with Crippen molar-refractivity contribution in [2.75, 3.05) is 51.4 Å². The minimum absolute atomic E-state index is 0.199. The first-order valence-corrected chi connectivity index (χ1v) is 9.84. The average molecular weight is 385 g/mol. The van der Waals surface area contributed by atoms with Gasteiger partial charge in [0.05, 0.1) is 25.5 Å². The maximum Gasteiger partial charge on any atom is 0.319 e. The molecule has 2 unspecified atom stereocenters. The average Bonchev–Trinajstić information content (AvgIpc) is 3.44. The Bertz CT molecular complexity index is 755. The molecule has 28 heavy (non-hydrogen) atoms. The number of benzene rings is 1. The predicted molar refractivity (Wildman–Crippen MR) is 106 cm³/mol.